The first-order chi connectivity index (χ1) is 12.2. The van der Waals surface area contributed by atoms with Gasteiger partial charge in [-0.15, -0.1) is 0 Å². The van der Waals surface area contributed by atoms with Gasteiger partial charge in [0.25, 0.3) is 5.91 Å². The Bertz CT molecular complexity index is 767. The summed E-state index contributed by atoms with van der Waals surface area (Å²) in [5.41, 5.74) is 0. The Labute approximate surface area is 145 Å². The highest BCUT2D eigenvalue weighted by atomic mass is 16.5. The van der Waals surface area contributed by atoms with Crippen molar-refractivity contribution in [2.45, 2.75) is 31.8 Å². The molecule has 1 N–H and O–H groups in total. The smallest absolute Gasteiger partial charge is 0.311 e. The van der Waals surface area contributed by atoms with E-state index >= 15 is 0 Å². The Balaban J connectivity index is 1.44. The van der Waals surface area contributed by atoms with Crippen molar-refractivity contribution in [2.75, 3.05) is 7.11 Å². The lowest BCUT2D eigenvalue weighted by atomic mass is 9.84. The van der Waals surface area contributed by atoms with Crippen molar-refractivity contribution < 1.29 is 18.7 Å². The summed E-state index contributed by atoms with van der Waals surface area (Å²) in [5.74, 6) is 0.826. The molecule has 4 rings (SSSR count). The first-order valence-electron chi connectivity index (χ1n) is 8.60. The average Bonchev–Trinajstić information content (AvgIpc) is 3.39. The predicted octanol–water partition coefficient (Wildman–Crippen LogP) is 1.84. The molecule has 0 spiro atoms. The van der Waals surface area contributed by atoms with Crippen LogP contribution in [0.25, 0.3) is 0 Å². The number of aromatic nitrogens is 2. The Morgan fingerprint density at radius 1 is 1.36 bits per heavy atom. The number of ether oxygens (including phenoxy) is 1. The van der Waals surface area contributed by atoms with E-state index in [1.54, 1.807) is 23.0 Å². The summed E-state index contributed by atoms with van der Waals surface area (Å²) in [5, 5.41) is 7.13. The topological polar surface area (TPSA) is 86.4 Å². The molecule has 0 radical (unpaired) electrons. The maximum absolute atomic E-state index is 12.6. The maximum Gasteiger partial charge on any atom is 0.311 e. The highest BCUT2D eigenvalue weighted by molar-refractivity contribution is 5.92. The number of fused-ring (bicyclic) bond motifs is 2. The number of hydrogen-bond donors (Lipinski definition) is 1. The van der Waals surface area contributed by atoms with Crippen LogP contribution >= 0.6 is 0 Å². The molecule has 2 fully saturated rings. The number of nitrogens with zero attached hydrogens (tertiary/aromatic N) is 2. The van der Waals surface area contributed by atoms with E-state index in [1.807, 2.05) is 12.3 Å². The average molecular weight is 343 g/mol. The number of nitrogens with one attached hydrogen (secondary N) is 1. The van der Waals surface area contributed by atoms with Crippen molar-refractivity contribution in [1.82, 2.24) is 15.1 Å². The third kappa shape index (κ3) is 2.94. The number of furan rings is 1. The van der Waals surface area contributed by atoms with E-state index < -0.39 is 0 Å². The summed E-state index contributed by atoms with van der Waals surface area (Å²) in [6.45, 7) is 0.471. The third-order valence-electron chi connectivity index (χ3n) is 5.45. The number of rotatable bonds is 5. The van der Waals surface area contributed by atoms with Crippen LogP contribution in [0.3, 0.4) is 0 Å². The van der Waals surface area contributed by atoms with E-state index in [1.165, 1.54) is 7.11 Å². The minimum Gasteiger partial charge on any atom is -0.469 e. The summed E-state index contributed by atoms with van der Waals surface area (Å²) in [6.07, 6.45) is 6.59. The lowest BCUT2D eigenvalue weighted by Crippen LogP contribution is -2.47. The lowest BCUT2D eigenvalue weighted by molar-refractivity contribution is -0.148. The van der Waals surface area contributed by atoms with Crippen LogP contribution in [0.4, 0.5) is 0 Å². The first-order valence-corrected chi connectivity index (χ1v) is 8.60. The summed E-state index contributed by atoms with van der Waals surface area (Å²) in [6, 6.07) is 5.10. The number of hydrogen-bond acceptors (Lipinski definition) is 5. The van der Waals surface area contributed by atoms with Crippen LogP contribution in [-0.4, -0.2) is 34.8 Å². The molecule has 0 saturated heterocycles. The monoisotopic (exact) mass is 343 g/mol. The molecular formula is C18H21N3O4. The molecule has 7 nitrogen and oxygen atoms in total. The van der Waals surface area contributed by atoms with E-state index in [0.29, 0.717) is 24.1 Å². The Hall–Kier alpha value is -2.57. The van der Waals surface area contributed by atoms with Gasteiger partial charge in [-0.2, -0.15) is 5.10 Å². The molecule has 0 unspecified atom stereocenters. The largest absolute Gasteiger partial charge is 0.469 e. The molecule has 0 aromatic carbocycles. The lowest BCUT2D eigenvalue weighted by Gasteiger charge is -2.29. The van der Waals surface area contributed by atoms with E-state index in [2.05, 4.69) is 10.4 Å². The second-order valence-corrected chi connectivity index (χ2v) is 6.85. The summed E-state index contributed by atoms with van der Waals surface area (Å²) >= 11 is 0. The zero-order chi connectivity index (χ0) is 17.4. The van der Waals surface area contributed by atoms with E-state index in [-0.39, 0.29) is 29.6 Å². The molecular weight excluding hydrogens is 322 g/mol. The number of esters is 1. The second-order valence-electron chi connectivity index (χ2n) is 6.85. The summed E-state index contributed by atoms with van der Waals surface area (Å²) < 4.78 is 12.3. The normalized spacial score (nSPS) is 27.4. The van der Waals surface area contributed by atoms with Gasteiger partial charge in [0, 0.05) is 18.4 Å². The zero-order valence-electron chi connectivity index (χ0n) is 14.1. The van der Waals surface area contributed by atoms with Gasteiger partial charge in [0.05, 0.1) is 19.6 Å². The summed E-state index contributed by atoms with van der Waals surface area (Å²) in [4.78, 5) is 24.7. The van der Waals surface area contributed by atoms with Gasteiger partial charge in [-0.3, -0.25) is 14.3 Å². The fourth-order valence-electron chi connectivity index (χ4n) is 4.34. The predicted molar refractivity (Wildman–Crippen MR) is 87.6 cm³/mol. The van der Waals surface area contributed by atoms with Crippen LogP contribution in [-0.2, 0) is 16.1 Å². The highest BCUT2D eigenvalue weighted by Gasteiger charge is 2.52. The first kappa shape index (κ1) is 15.9. The molecule has 1 amide bonds. The van der Waals surface area contributed by atoms with Crippen molar-refractivity contribution in [3.05, 3.63) is 42.1 Å². The van der Waals surface area contributed by atoms with Gasteiger partial charge in [0.2, 0.25) is 0 Å². The summed E-state index contributed by atoms with van der Waals surface area (Å²) in [7, 11) is 1.40. The Morgan fingerprint density at radius 2 is 2.20 bits per heavy atom. The SMILES string of the molecule is COC(=O)[C@H]1[C@H]2CC[C@@H](C2)[C@@H]1NC(=O)c1ccc(Cn2cccn2)o1. The van der Waals surface area contributed by atoms with E-state index in [9.17, 15) is 9.59 Å². The molecule has 2 aromatic rings. The van der Waals surface area contributed by atoms with Gasteiger partial charge >= 0.3 is 5.97 Å². The van der Waals surface area contributed by atoms with Gasteiger partial charge in [-0.1, -0.05) is 0 Å². The van der Waals surface area contributed by atoms with Crippen molar-refractivity contribution in [2.24, 2.45) is 17.8 Å². The number of amides is 1. The number of methoxy groups -OCH3 is 1. The van der Waals surface area contributed by atoms with E-state index in [4.69, 9.17) is 9.15 Å². The molecule has 2 bridgehead atoms. The van der Waals surface area contributed by atoms with Crippen LogP contribution < -0.4 is 5.32 Å². The third-order valence-corrected chi connectivity index (χ3v) is 5.45. The van der Waals surface area contributed by atoms with Crippen LogP contribution in [0.1, 0.15) is 35.6 Å². The second kappa shape index (κ2) is 6.38. The highest BCUT2D eigenvalue weighted by Crippen LogP contribution is 2.49. The fourth-order valence-corrected chi connectivity index (χ4v) is 4.34. The minimum atomic E-state index is -0.279. The quantitative estimate of drug-likeness (QED) is 0.837. The number of carbonyl (C=O) groups is 2. The molecule has 2 saturated carbocycles. The molecule has 132 valence electrons. The fraction of sp³-hybridized carbons (Fsp3) is 0.500. The van der Waals surface area contributed by atoms with Gasteiger partial charge in [0.1, 0.15) is 5.76 Å². The van der Waals surface area contributed by atoms with Gasteiger partial charge < -0.3 is 14.5 Å². The van der Waals surface area contributed by atoms with Crippen molar-refractivity contribution in [3.8, 4) is 0 Å². The molecule has 2 aromatic heterocycles. The number of carbonyl (C=O) groups excluding carboxylic acids is 2. The van der Waals surface area contributed by atoms with Gasteiger partial charge in [-0.05, 0) is 49.3 Å². The zero-order valence-corrected chi connectivity index (χ0v) is 14.1. The standard InChI is InChI=1S/C18H21N3O4/c1-24-18(23)15-11-3-4-12(9-11)16(15)20-17(22)14-6-5-13(25-14)10-21-8-2-7-19-21/h2,5-8,11-12,15-16H,3-4,9-10H2,1H3,(H,20,22)/t11-,12-,15-,16-/m0/s1. The molecule has 2 aliphatic carbocycles. The minimum absolute atomic E-state index is 0.168. The Morgan fingerprint density at radius 3 is 2.96 bits per heavy atom. The molecule has 0 aliphatic heterocycles. The van der Waals surface area contributed by atoms with E-state index in [0.717, 1.165) is 19.3 Å². The molecule has 2 heterocycles. The van der Waals surface area contributed by atoms with Crippen LogP contribution in [0.5, 0.6) is 0 Å². The maximum atomic E-state index is 12.6. The molecule has 7 heteroatoms. The van der Waals surface area contributed by atoms with Crippen molar-refractivity contribution in [3.63, 3.8) is 0 Å². The van der Waals surface area contributed by atoms with Crippen LogP contribution in [0.2, 0.25) is 0 Å². The molecule has 25 heavy (non-hydrogen) atoms. The van der Waals surface area contributed by atoms with Crippen molar-refractivity contribution >= 4 is 11.9 Å². The molecule has 2 aliphatic rings. The van der Waals surface area contributed by atoms with Gasteiger partial charge in [-0.25, -0.2) is 0 Å². The van der Waals surface area contributed by atoms with Crippen molar-refractivity contribution in [1.29, 1.82) is 0 Å². The van der Waals surface area contributed by atoms with Crippen LogP contribution in [0, 0.1) is 17.8 Å². The van der Waals surface area contributed by atoms with Crippen LogP contribution in [0.15, 0.2) is 35.0 Å². The Kier molecular flexibility index (Phi) is 4.07. The van der Waals surface area contributed by atoms with Gasteiger partial charge in [0.15, 0.2) is 5.76 Å². The molecule has 4 atom stereocenters.